The Kier molecular flexibility index (Phi) is 7.11. The van der Waals surface area contributed by atoms with E-state index in [0.29, 0.717) is 18.2 Å². The van der Waals surface area contributed by atoms with Crippen molar-refractivity contribution in [1.82, 2.24) is 10.6 Å². The molecule has 1 aliphatic carbocycles. The van der Waals surface area contributed by atoms with Crippen LogP contribution in [0.2, 0.25) is 0 Å². The zero-order chi connectivity index (χ0) is 18.9. The van der Waals surface area contributed by atoms with Crippen molar-refractivity contribution in [3.8, 4) is 0 Å². The number of carbonyl (C=O) groups excluding carboxylic acids is 2. The van der Waals surface area contributed by atoms with Crippen molar-refractivity contribution in [2.24, 2.45) is 0 Å². The summed E-state index contributed by atoms with van der Waals surface area (Å²) in [5, 5.41) is 5.86. The molecule has 0 aliphatic heterocycles. The molecule has 0 saturated heterocycles. The number of amides is 2. The quantitative estimate of drug-likeness (QED) is 0.394. The number of benzene rings is 2. The largest absolute Gasteiger partial charge is 0.353 e. The Balaban J connectivity index is 1.34. The van der Waals surface area contributed by atoms with E-state index in [0.717, 1.165) is 30.6 Å². The molecular formula is C22H24N2O2S. The highest BCUT2D eigenvalue weighted by Crippen LogP contribution is 2.19. The zero-order valence-electron chi connectivity index (χ0n) is 15.2. The van der Waals surface area contributed by atoms with Crippen molar-refractivity contribution in [3.63, 3.8) is 0 Å². The van der Waals surface area contributed by atoms with E-state index in [1.165, 1.54) is 11.0 Å². The van der Waals surface area contributed by atoms with Gasteiger partial charge < -0.3 is 10.6 Å². The molecule has 0 unspecified atom stereocenters. The molecule has 1 aliphatic rings. The number of carbonyl (C=O) groups is 2. The van der Waals surface area contributed by atoms with Crippen LogP contribution in [0.25, 0.3) is 6.08 Å². The first kappa shape index (κ1) is 19.2. The maximum Gasteiger partial charge on any atom is 0.251 e. The average Bonchev–Trinajstić information content (AvgIpc) is 3.51. The molecule has 0 aromatic heterocycles. The van der Waals surface area contributed by atoms with E-state index in [4.69, 9.17) is 0 Å². The van der Waals surface area contributed by atoms with Gasteiger partial charge in [-0.1, -0.05) is 30.3 Å². The van der Waals surface area contributed by atoms with E-state index in [-0.39, 0.29) is 11.8 Å². The molecule has 27 heavy (non-hydrogen) atoms. The van der Waals surface area contributed by atoms with Gasteiger partial charge in [0.1, 0.15) is 0 Å². The molecule has 140 valence electrons. The molecule has 5 heteroatoms. The Bertz CT molecular complexity index is 784. The Morgan fingerprint density at radius 1 is 1.04 bits per heavy atom. The van der Waals surface area contributed by atoms with Gasteiger partial charge in [0, 0.05) is 29.1 Å². The van der Waals surface area contributed by atoms with Crippen molar-refractivity contribution >= 4 is 29.7 Å². The van der Waals surface area contributed by atoms with E-state index in [1.807, 2.05) is 30.3 Å². The lowest BCUT2D eigenvalue weighted by Crippen LogP contribution is -2.25. The molecule has 0 heterocycles. The van der Waals surface area contributed by atoms with Gasteiger partial charge >= 0.3 is 0 Å². The molecule has 4 nitrogen and oxygen atoms in total. The molecule has 2 aromatic rings. The summed E-state index contributed by atoms with van der Waals surface area (Å²) in [5.74, 6) is 0.840. The van der Waals surface area contributed by atoms with Crippen molar-refractivity contribution in [3.05, 3.63) is 71.8 Å². The molecule has 2 N–H and O–H groups in total. The number of hydrogen-bond donors (Lipinski definition) is 2. The Labute approximate surface area is 164 Å². The van der Waals surface area contributed by atoms with Gasteiger partial charge in [-0.3, -0.25) is 9.59 Å². The lowest BCUT2D eigenvalue weighted by atomic mass is 10.1. The van der Waals surface area contributed by atoms with Crippen LogP contribution in [-0.2, 0) is 4.79 Å². The minimum absolute atomic E-state index is 0.0286. The Morgan fingerprint density at radius 3 is 2.48 bits per heavy atom. The first-order valence-corrected chi connectivity index (χ1v) is 10.2. The fourth-order valence-electron chi connectivity index (χ4n) is 2.46. The Morgan fingerprint density at radius 2 is 1.78 bits per heavy atom. The van der Waals surface area contributed by atoms with E-state index in [1.54, 1.807) is 30.0 Å². The van der Waals surface area contributed by atoms with Gasteiger partial charge in [0.05, 0.1) is 0 Å². The van der Waals surface area contributed by atoms with Crippen LogP contribution < -0.4 is 10.6 Å². The van der Waals surface area contributed by atoms with E-state index in [9.17, 15) is 9.59 Å². The molecule has 0 bridgehead atoms. The zero-order valence-corrected chi connectivity index (χ0v) is 16.0. The summed E-state index contributed by atoms with van der Waals surface area (Å²) in [6.45, 7) is 0.656. The van der Waals surface area contributed by atoms with Crippen LogP contribution in [0.15, 0.2) is 65.6 Å². The third-order valence-electron chi connectivity index (χ3n) is 4.14. The second kappa shape index (κ2) is 9.97. The Hall–Kier alpha value is -2.53. The van der Waals surface area contributed by atoms with Crippen LogP contribution >= 0.6 is 11.8 Å². The minimum Gasteiger partial charge on any atom is -0.353 e. The van der Waals surface area contributed by atoms with Gasteiger partial charge in [-0.15, -0.1) is 11.8 Å². The lowest BCUT2D eigenvalue weighted by molar-refractivity contribution is -0.116. The fourth-order valence-corrected chi connectivity index (χ4v) is 3.34. The van der Waals surface area contributed by atoms with E-state index >= 15 is 0 Å². The number of hydrogen-bond acceptors (Lipinski definition) is 3. The minimum atomic E-state index is -0.102. The summed E-state index contributed by atoms with van der Waals surface area (Å²) in [6.07, 6.45) is 6.36. The molecule has 0 spiro atoms. The third-order valence-corrected chi connectivity index (χ3v) is 5.24. The standard InChI is InChI=1S/C22H24N2O2S/c25-21(23-15-4-16-27-20-5-2-1-3-6-20)14-9-17-7-10-18(11-8-17)22(26)24-19-12-13-19/h1-3,5-11,14,19H,4,12-13,15-16H2,(H,23,25)(H,24,26)/b14-9+. The van der Waals surface area contributed by atoms with Crippen LogP contribution in [0.1, 0.15) is 35.2 Å². The highest BCUT2D eigenvalue weighted by Gasteiger charge is 2.23. The molecule has 2 aromatic carbocycles. The molecule has 1 saturated carbocycles. The van der Waals surface area contributed by atoms with Crippen LogP contribution in [0.3, 0.4) is 0 Å². The molecule has 0 atom stereocenters. The smallest absolute Gasteiger partial charge is 0.251 e. The van der Waals surface area contributed by atoms with Gasteiger partial charge in [0.2, 0.25) is 5.91 Å². The van der Waals surface area contributed by atoms with E-state index < -0.39 is 0 Å². The first-order valence-electron chi connectivity index (χ1n) is 9.25. The molecule has 2 amide bonds. The highest BCUT2D eigenvalue weighted by molar-refractivity contribution is 7.99. The lowest BCUT2D eigenvalue weighted by Gasteiger charge is -2.04. The summed E-state index contributed by atoms with van der Waals surface area (Å²) >= 11 is 1.79. The number of nitrogens with one attached hydrogen (secondary N) is 2. The molecular weight excluding hydrogens is 356 g/mol. The van der Waals surface area contributed by atoms with Crippen molar-refractivity contribution in [2.45, 2.75) is 30.2 Å². The number of rotatable bonds is 9. The van der Waals surface area contributed by atoms with Gasteiger partial charge in [0.25, 0.3) is 5.91 Å². The highest BCUT2D eigenvalue weighted by atomic mass is 32.2. The van der Waals surface area contributed by atoms with Crippen molar-refractivity contribution < 1.29 is 9.59 Å². The average molecular weight is 381 g/mol. The second-order valence-corrected chi connectivity index (χ2v) is 7.68. The van der Waals surface area contributed by atoms with Gasteiger partial charge in [-0.25, -0.2) is 0 Å². The maximum atomic E-state index is 11.9. The topological polar surface area (TPSA) is 58.2 Å². The summed E-state index contributed by atoms with van der Waals surface area (Å²) in [6, 6.07) is 17.9. The summed E-state index contributed by atoms with van der Waals surface area (Å²) in [7, 11) is 0. The van der Waals surface area contributed by atoms with Crippen LogP contribution in [0.5, 0.6) is 0 Å². The predicted octanol–water partition coefficient (Wildman–Crippen LogP) is 3.89. The third kappa shape index (κ3) is 6.94. The predicted molar refractivity (Wildman–Crippen MR) is 111 cm³/mol. The van der Waals surface area contributed by atoms with Gasteiger partial charge in [-0.2, -0.15) is 0 Å². The molecule has 3 rings (SSSR count). The summed E-state index contributed by atoms with van der Waals surface area (Å²) in [4.78, 5) is 25.1. The maximum absolute atomic E-state index is 11.9. The van der Waals surface area contributed by atoms with E-state index in [2.05, 4.69) is 22.8 Å². The monoisotopic (exact) mass is 380 g/mol. The van der Waals surface area contributed by atoms with Crippen molar-refractivity contribution in [2.75, 3.05) is 12.3 Å². The summed E-state index contributed by atoms with van der Waals surface area (Å²) < 4.78 is 0. The van der Waals surface area contributed by atoms with Crippen molar-refractivity contribution in [1.29, 1.82) is 0 Å². The first-order chi connectivity index (χ1) is 13.2. The molecule has 0 radical (unpaired) electrons. The summed E-state index contributed by atoms with van der Waals surface area (Å²) in [5.41, 5.74) is 1.55. The van der Waals surface area contributed by atoms with Crippen LogP contribution in [0, 0.1) is 0 Å². The van der Waals surface area contributed by atoms with Gasteiger partial charge in [0.15, 0.2) is 0 Å². The SMILES string of the molecule is O=C(/C=C/c1ccc(C(=O)NC2CC2)cc1)NCCCSc1ccccc1. The normalized spacial score (nSPS) is 13.5. The fraction of sp³-hybridized carbons (Fsp3) is 0.273. The second-order valence-electron chi connectivity index (χ2n) is 6.51. The number of thioether (sulfide) groups is 1. The van der Waals surface area contributed by atoms with Crippen LogP contribution in [-0.4, -0.2) is 30.2 Å². The van der Waals surface area contributed by atoms with Gasteiger partial charge in [-0.05, 0) is 60.9 Å². The van der Waals surface area contributed by atoms with Crippen LogP contribution in [0.4, 0.5) is 0 Å². The molecule has 1 fully saturated rings.